The minimum atomic E-state index is -0.159. The second kappa shape index (κ2) is 4.41. The first-order chi connectivity index (χ1) is 9.27. The largest absolute Gasteiger partial charge is 0.493 e. The Bertz CT molecular complexity index is 711. The van der Waals surface area contributed by atoms with Gasteiger partial charge in [-0.1, -0.05) is 23.4 Å². The van der Waals surface area contributed by atoms with Gasteiger partial charge in [-0.2, -0.15) is 0 Å². The van der Waals surface area contributed by atoms with E-state index in [1.54, 1.807) is 48.7 Å². The fraction of sp³-hybridized carbons (Fsp3) is 0. The first-order valence-electron chi connectivity index (χ1n) is 5.62. The van der Waals surface area contributed by atoms with Gasteiger partial charge in [0.1, 0.15) is 0 Å². The van der Waals surface area contributed by atoms with Crippen LogP contribution in [-0.4, -0.2) is 19.9 Å². The summed E-state index contributed by atoms with van der Waals surface area (Å²) in [5.74, 6) is 0.0691. The molecule has 0 radical (unpaired) electrons. The van der Waals surface area contributed by atoms with Crippen molar-refractivity contribution >= 4 is 16.6 Å². The highest BCUT2D eigenvalue weighted by molar-refractivity contribution is 5.92. The van der Waals surface area contributed by atoms with Crippen LogP contribution in [0.3, 0.4) is 0 Å². The van der Waals surface area contributed by atoms with Gasteiger partial charge in [0.25, 0.3) is 0 Å². The van der Waals surface area contributed by atoms with Crippen LogP contribution in [0.15, 0.2) is 59.0 Å². The van der Waals surface area contributed by atoms with Crippen LogP contribution in [0.5, 0.6) is 11.8 Å². The van der Waals surface area contributed by atoms with Gasteiger partial charge >= 0.3 is 0 Å². The van der Waals surface area contributed by atoms with Crippen molar-refractivity contribution in [3.63, 3.8) is 0 Å². The number of hydrogen-bond donors (Lipinski definition) is 2. The molecular weight excluding hydrogens is 244 g/mol. The molecule has 6 nitrogen and oxygen atoms in total. The molecule has 0 aliphatic carbocycles. The Morgan fingerprint density at radius 2 is 1.53 bits per heavy atom. The van der Waals surface area contributed by atoms with Crippen molar-refractivity contribution in [3.8, 4) is 11.8 Å². The standard InChI is InChI=1S/C13H10N4O2/c18-12-9-5-1-2-6-10(9)13(19)17(12)16-15-11-7-3-4-8-14-11/h1-8,18-19H. The van der Waals surface area contributed by atoms with E-state index < -0.39 is 0 Å². The van der Waals surface area contributed by atoms with Crippen molar-refractivity contribution < 1.29 is 10.2 Å². The maximum atomic E-state index is 9.98. The van der Waals surface area contributed by atoms with E-state index in [4.69, 9.17) is 0 Å². The molecule has 3 rings (SSSR count). The van der Waals surface area contributed by atoms with Crippen molar-refractivity contribution in [2.45, 2.75) is 0 Å². The topological polar surface area (TPSA) is 83.0 Å². The third kappa shape index (κ3) is 1.89. The fourth-order valence-corrected chi connectivity index (χ4v) is 1.79. The zero-order valence-corrected chi connectivity index (χ0v) is 9.80. The molecule has 19 heavy (non-hydrogen) atoms. The van der Waals surface area contributed by atoms with Crippen molar-refractivity contribution in [1.29, 1.82) is 0 Å². The molecule has 2 aromatic heterocycles. The summed E-state index contributed by atoms with van der Waals surface area (Å²) < 4.78 is 0.972. The summed E-state index contributed by atoms with van der Waals surface area (Å²) in [7, 11) is 0. The monoisotopic (exact) mass is 254 g/mol. The Balaban J connectivity index is 2.09. The highest BCUT2D eigenvalue weighted by atomic mass is 16.3. The first-order valence-corrected chi connectivity index (χ1v) is 5.62. The van der Waals surface area contributed by atoms with Gasteiger partial charge in [-0.15, -0.1) is 9.79 Å². The molecule has 6 heteroatoms. The molecule has 2 N–H and O–H groups in total. The highest BCUT2D eigenvalue weighted by Gasteiger charge is 2.14. The average molecular weight is 254 g/mol. The number of benzene rings is 1. The van der Waals surface area contributed by atoms with Crippen molar-refractivity contribution in [2.75, 3.05) is 0 Å². The lowest BCUT2D eigenvalue weighted by atomic mass is 10.2. The van der Waals surface area contributed by atoms with Gasteiger partial charge in [0, 0.05) is 17.0 Å². The molecule has 0 amide bonds. The molecule has 3 aromatic rings. The molecule has 0 aliphatic rings. The third-order valence-electron chi connectivity index (χ3n) is 2.70. The van der Waals surface area contributed by atoms with Crippen molar-refractivity contribution in [1.82, 2.24) is 9.66 Å². The van der Waals surface area contributed by atoms with Crippen LogP contribution in [-0.2, 0) is 0 Å². The molecule has 94 valence electrons. The Morgan fingerprint density at radius 3 is 2.11 bits per heavy atom. The average Bonchev–Trinajstić information content (AvgIpc) is 2.71. The molecule has 0 fully saturated rings. The summed E-state index contributed by atoms with van der Waals surface area (Å²) in [6, 6.07) is 12.1. The first kappa shape index (κ1) is 11.2. The SMILES string of the molecule is Oc1c2ccccc2c(O)n1N=Nc1ccccn1. The van der Waals surface area contributed by atoms with Crippen LogP contribution in [0.25, 0.3) is 10.8 Å². The summed E-state index contributed by atoms with van der Waals surface area (Å²) >= 11 is 0. The lowest BCUT2D eigenvalue weighted by Gasteiger charge is -1.96. The van der Waals surface area contributed by atoms with Crippen LogP contribution < -0.4 is 0 Å². The van der Waals surface area contributed by atoms with Gasteiger partial charge in [-0.05, 0) is 24.3 Å². The molecule has 0 bridgehead atoms. The van der Waals surface area contributed by atoms with Gasteiger partial charge in [0.2, 0.25) is 11.8 Å². The molecule has 0 saturated carbocycles. The van der Waals surface area contributed by atoms with E-state index in [1.165, 1.54) is 0 Å². The molecule has 1 aromatic carbocycles. The molecule has 0 aliphatic heterocycles. The lowest BCUT2D eigenvalue weighted by Crippen LogP contribution is -1.84. The summed E-state index contributed by atoms with van der Waals surface area (Å²) in [5, 5.41) is 28.6. The highest BCUT2D eigenvalue weighted by Crippen LogP contribution is 2.35. The van der Waals surface area contributed by atoms with Crippen LogP contribution in [0.2, 0.25) is 0 Å². The third-order valence-corrected chi connectivity index (χ3v) is 2.70. The number of rotatable bonds is 2. The van der Waals surface area contributed by atoms with Crippen molar-refractivity contribution in [3.05, 3.63) is 48.7 Å². The van der Waals surface area contributed by atoms with E-state index >= 15 is 0 Å². The lowest BCUT2D eigenvalue weighted by molar-refractivity contribution is 0.382. The number of aromatic hydroxyl groups is 2. The van der Waals surface area contributed by atoms with Crippen LogP contribution in [0.1, 0.15) is 0 Å². The smallest absolute Gasteiger partial charge is 0.225 e. The van der Waals surface area contributed by atoms with Gasteiger partial charge in [0.15, 0.2) is 5.82 Å². The van der Waals surface area contributed by atoms with Crippen LogP contribution in [0.4, 0.5) is 5.82 Å². The molecule has 2 heterocycles. The fourth-order valence-electron chi connectivity index (χ4n) is 1.79. The molecule has 0 spiro atoms. The van der Waals surface area contributed by atoms with E-state index in [0.29, 0.717) is 16.6 Å². The molecule has 0 unspecified atom stereocenters. The van der Waals surface area contributed by atoms with Crippen molar-refractivity contribution in [2.24, 2.45) is 10.3 Å². The normalized spacial score (nSPS) is 11.4. The Labute approximate surface area is 108 Å². The van der Waals surface area contributed by atoms with Gasteiger partial charge < -0.3 is 10.2 Å². The van der Waals surface area contributed by atoms with E-state index in [-0.39, 0.29) is 11.8 Å². The zero-order chi connectivity index (χ0) is 13.2. The molecule has 0 atom stereocenters. The minimum Gasteiger partial charge on any atom is -0.493 e. The Hall–Kier alpha value is -2.89. The van der Waals surface area contributed by atoms with Gasteiger partial charge in [-0.3, -0.25) is 0 Å². The van der Waals surface area contributed by atoms with E-state index in [9.17, 15) is 10.2 Å². The molecule has 0 saturated heterocycles. The number of nitrogens with zero attached hydrogens (tertiary/aromatic N) is 4. The molecular formula is C13H10N4O2. The Morgan fingerprint density at radius 1 is 0.895 bits per heavy atom. The zero-order valence-electron chi connectivity index (χ0n) is 9.80. The second-order valence-corrected chi connectivity index (χ2v) is 3.88. The summed E-state index contributed by atoms with van der Waals surface area (Å²) in [6.07, 6.45) is 1.58. The summed E-state index contributed by atoms with van der Waals surface area (Å²) in [6.45, 7) is 0. The summed E-state index contributed by atoms with van der Waals surface area (Å²) in [4.78, 5) is 3.97. The Kier molecular flexibility index (Phi) is 2.60. The van der Waals surface area contributed by atoms with Crippen LogP contribution >= 0.6 is 0 Å². The van der Waals surface area contributed by atoms with E-state index in [1.807, 2.05) is 0 Å². The summed E-state index contributed by atoms with van der Waals surface area (Å²) in [5.41, 5.74) is 0. The quantitative estimate of drug-likeness (QED) is 0.689. The number of pyridine rings is 1. The van der Waals surface area contributed by atoms with E-state index in [2.05, 4.69) is 15.3 Å². The van der Waals surface area contributed by atoms with Crippen LogP contribution in [0, 0.1) is 0 Å². The number of hydrogen-bond acceptors (Lipinski definition) is 5. The maximum absolute atomic E-state index is 9.98. The number of aromatic nitrogens is 2. The maximum Gasteiger partial charge on any atom is 0.225 e. The minimum absolute atomic E-state index is 0.159. The predicted molar refractivity (Wildman–Crippen MR) is 69.4 cm³/mol. The number of fused-ring (bicyclic) bond motifs is 1. The van der Waals surface area contributed by atoms with Gasteiger partial charge in [0.05, 0.1) is 0 Å². The second-order valence-electron chi connectivity index (χ2n) is 3.88. The van der Waals surface area contributed by atoms with E-state index in [0.717, 1.165) is 4.68 Å². The predicted octanol–water partition coefficient (Wildman–Crippen LogP) is 2.99. The van der Waals surface area contributed by atoms with Gasteiger partial charge in [-0.25, -0.2) is 4.98 Å².